The highest BCUT2D eigenvalue weighted by molar-refractivity contribution is 5.95. The molecule has 2 amide bonds. The van der Waals surface area contributed by atoms with E-state index in [0.717, 1.165) is 6.07 Å². The monoisotopic (exact) mass is 774 g/mol. The Morgan fingerprint density at radius 1 is 0.875 bits per heavy atom. The van der Waals surface area contributed by atoms with Crippen molar-refractivity contribution in [2.24, 2.45) is 0 Å². The van der Waals surface area contributed by atoms with Crippen LogP contribution in [0.4, 0.5) is 13.2 Å². The van der Waals surface area contributed by atoms with Gasteiger partial charge in [-0.15, -0.1) is 0 Å². The van der Waals surface area contributed by atoms with Gasteiger partial charge in [-0.3, -0.25) is 14.4 Å². The van der Waals surface area contributed by atoms with Crippen LogP contribution in [0.15, 0.2) is 102 Å². The molecule has 0 radical (unpaired) electrons. The van der Waals surface area contributed by atoms with Crippen molar-refractivity contribution in [1.82, 2.24) is 20.9 Å². The molecule has 292 valence electrons. The summed E-state index contributed by atoms with van der Waals surface area (Å²) in [6, 6.07) is 21.4. The van der Waals surface area contributed by atoms with Crippen molar-refractivity contribution in [2.75, 3.05) is 13.2 Å². The Labute approximate surface area is 316 Å². The first-order valence-electron chi connectivity index (χ1n) is 17.4. The number of aromatic hydroxyl groups is 1. The van der Waals surface area contributed by atoms with Crippen LogP contribution in [-0.4, -0.2) is 68.4 Å². The van der Waals surface area contributed by atoms with Crippen LogP contribution >= 0.6 is 0 Å². The van der Waals surface area contributed by atoms with E-state index in [-0.39, 0.29) is 58.4 Å². The number of fused-ring (bicyclic) bond motifs is 1. The van der Waals surface area contributed by atoms with Gasteiger partial charge in [-0.25, -0.2) is 4.79 Å². The number of carbonyl (C=O) groups excluding carboxylic acids is 2. The summed E-state index contributed by atoms with van der Waals surface area (Å²) >= 11 is 0. The fourth-order valence-corrected chi connectivity index (χ4v) is 6.58. The zero-order valence-electron chi connectivity index (χ0n) is 29.5. The molecule has 56 heavy (non-hydrogen) atoms. The summed E-state index contributed by atoms with van der Waals surface area (Å²) in [6.45, 7) is -0.884. The SMILES string of the molecule is O=C(COc1cccc(C(O)(C(=O)O)c2ccccc2)c1)NC1CC(NC(=O)c2ccc(CNCC(O)c3ccc(O)c4[nH]c(=O)ccc34)c(C(F)(F)F)c2)C1. The third-order valence-corrected chi connectivity index (χ3v) is 9.56. The van der Waals surface area contributed by atoms with Crippen molar-refractivity contribution in [1.29, 1.82) is 0 Å². The highest BCUT2D eigenvalue weighted by Gasteiger charge is 2.40. The molecule has 0 bridgehead atoms. The molecule has 5 aromatic rings. The van der Waals surface area contributed by atoms with Crippen molar-refractivity contribution >= 4 is 28.7 Å². The second-order valence-corrected chi connectivity index (χ2v) is 13.4. The summed E-state index contributed by atoms with van der Waals surface area (Å²) in [5, 5.41) is 50.4. The average molecular weight is 775 g/mol. The molecule has 0 spiro atoms. The number of aliphatic hydroxyl groups is 2. The van der Waals surface area contributed by atoms with Gasteiger partial charge in [0.2, 0.25) is 11.2 Å². The van der Waals surface area contributed by atoms with Crippen molar-refractivity contribution in [3.8, 4) is 11.5 Å². The molecule has 1 aliphatic rings. The standard InChI is InChI=1S/C40H37F3N4O9/c41-40(42,43)31-15-22(9-10-23(31)19-44-20-33(49)29-11-13-32(48)36-30(29)12-14-34(50)47-36)37(52)46-27-17-26(18-27)45-35(51)21-56-28-8-4-7-25(16-28)39(55,38(53)54)24-5-2-1-3-6-24/h1-16,26-27,33,44,48-49,55H,17-21H2,(H,45,51)(H,46,52)(H,47,50)(H,53,54). The first-order valence-corrected chi connectivity index (χ1v) is 17.4. The van der Waals surface area contributed by atoms with Crippen LogP contribution in [0.2, 0.25) is 0 Å². The highest BCUT2D eigenvalue weighted by atomic mass is 19.4. The summed E-state index contributed by atoms with van der Waals surface area (Å²) < 4.78 is 47.8. The number of nitrogens with one attached hydrogen (secondary N) is 4. The minimum atomic E-state index is -4.79. The Bertz CT molecular complexity index is 2310. The zero-order chi connectivity index (χ0) is 40.2. The first-order chi connectivity index (χ1) is 26.6. The molecule has 16 heteroatoms. The van der Waals surface area contributed by atoms with Crippen molar-refractivity contribution in [2.45, 2.75) is 49.4 Å². The number of aliphatic carboxylic acids is 1. The molecule has 1 saturated carbocycles. The fraction of sp³-hybridized carbons (Fsp3) is 0.250. The Hall–Kier alpha value is -6.23. The molecule has 1 aliphatic carbocycles. The van der Waals surface area contributed by atoms with E-state index >= 15 is 0 Å². The van der Waals surface area contributed by atoms with Crippen molar-refractivity contribution in [3.05, 3.63) is 141 Å². The number of carbonyl (C=O) groups is 3. The highest BCUT2D eigenvalue weighted by Crippen LogP contribution is 2.34. The Morgan fingerprint density at radius 2 is 1.59 bits per heavy atom. The van der Waals surface area contributed by atoms with Gasteiger partial charge in [0.1, 0.15) is 11.5 Å². The Morgan fingerprint density at radius 3 is 2.30 bits per heavy atom. The molecular weight excluding hydrogens is 737 g/mol. The molecule has 0 saturated heterocycles. The predicted molar refractivity (Wildman–Crippen MR) is 196 cm³/mol. The van der Waals surface area contributed by atoms with Crippen LogP contribution in [0.5, 0.6) is 11.5 Å². The number of carboxylic acids is 1. The quantitative estimate of drug-likeness (QED) is 0.0817. The van der Waals surface area contributed by atoms with E-state index in [1.54, 1.807) is 18.2 Å². The number of pyridine rings is 1. The van der Waals surface area contributed by atoms with E-state index < -0.39 is 59.4 Å². The fourth-order valence-electron chi connectivity index (χ4n) is 6.58. The van der Waals surface area contributed by atoms with E-state index in [0.29, 0.717) is 23.8 Å². The number of aromatic amines is 1. The number of halogens is 3. The second-order valence-electron chi connectivity index (χ2n) is 13.4. The van der Waals surface area contributed by atoms with Gasteiger partial charge in [0.05, 0.1) is 17.2 Å². The van der Waals surface area contributed by atoms with E-state index in [4.69, 9.17) is 4.74 Å². The number of rotatable bonds is 14. The number of alkyl halides is 3. The maximum atomic E-state index is 14.1. The van der Waals surface area contributed by atoms with Crippen LogP contribution in [0, 0.1) is 0 Å². The van der Waals surface area contributed by atoms with E-state index in [9.17, 15) is 52.8 Å². The number of phenols is 1. The van der Waals surface area contributed by atoms with E-state index in [1.807, 2.05) is 0 Å². The molecule has 2 atom stereocenters. The lowest BCUT2D eigenvalue weighted by Crippen LogP contribution is -2.54. The number of hydrogen-bond donors (Lipinski definition) is 8. The van der Waals surface area contributed by atoms with Gasteiger partial charge in [-0.05, 0) is 65.9 Å². The normalized spacial score (nSPS) is 16.9. The van der Waals surface area contributed by atoms with E-state index in [1.165, 1.54) is 72.8 Å². The number of benzene rings is 4. The van der Waals surface area contributed by atoms with Crippen molar-refractivity contribution < 1.29 is 52.7 Å². The topological polar surface area (TPSA) is 210 Å². The lowest BCUT2D eigenvalue weighted by molar-refractivity contribution is -0.155. The maximum Gasteiger partial charge on any atom is 0.416 e. The van der Waals surface area contributed by atoms with Gasteiger partial charge in [-0.2, -0.15) is 13.2 Å². The molecule has 0 aliphatic heterocycles. The molecule has 4 aromatic carbocycles. The summed E-state index contributed by atoms with van der Waals surface area (Å²) in [7, 11) is 0. The number of phenolic OH excluding ortho intramolecular Hbond substituents is 1. The summed E-state index contributed by atoms with van der Waals surface area (Å²) in [6.07, 6.45) is -5.35. The Balaban J connectivity index is 0.988. The van der Waals surface area contributed by atoms with Crippen LogP contribution < -0.4 is 26.2 Å². The van der Waals surface area contributed by atoms with Crippen molar-refractivity contribution in [3.63, 3.8) is 0 Å². The lowest BCUT2D eigenvalue weighted by Gasteiger charge is -2.36. The largest absolute Gasteiger partial charge is 0.506 e. The van der Waals surface area contributed by atoms with Gasteiger partial charge in [0, 0.05) is 47.8 Å². The van der Waals surface area contributed by atoms with Crippen LogP contribution in [0.1, 0.15) is 57.1 Å². The summed E-state index contributed by atoms with van der Waals surface area (Å²) in [5.41, 5.74) is -3.59. The van der Waals surface area contributed by atoms with Gasteiger partial charge >= 0.3 is 12.1 Å². The minimum Gasteiger partial charge on any atom is -0.506 e. The van der Waals surface area contributed by atoms with Gasteiger partial charge < -0.3 is 46.1 Å². The number of amides is 2. The summed E-state index contributed by atoms with van der Waals surface area (Å²) in [5.74, 6) is -2.77. The number of aromatic nitrogens is 1. The smallest absolute Gasteiger partial charge is 0.416 e. The number of H-pyrrole nitrogens is 1. The average Bonchev–Trinajstić information content (AvgIpc) is 3.16. The number of ether oxygens (including phenoxy) is 1. The lowest BCUT2D eigenvalue weighted by atomic mass is 9.86. The van der Waals surface area contributed by atoms with Gasteiger partial charge in [0.25, 0.3) is 11.8 Å². The van der Waals surface area contributed by atoms with Crippen LogP contribution in [-0.2, 0) is 27.9 Å². The number of aliphatic hydroxyl groups excluding tert-OH is 1. The summed E-state index contributed by atoms with van der Waals surface area (Å²) in [4.78, 5) is 51.8. The van der Waals surface area contributed by atoms with Crippen LogP contribution in [0.3, 0.4) is 0 Å². The molecular formula is C40H37F3N4O9. The van der Waals surface area contributed by atoms with Crippen LogP contribution in [0.25, 0.3) is 10.9 Å². The maximum absolute atomic E-state index is 14.1. The molecule has 1 fully saturated rings. The third kappa shape index (κ3) is 8.67. The zero-order valence-corrected chi connectivity index (χ0v) is 29.5. The number of hydrogen-bond acceptors (Lipinski definition) is 9. The molecule has 1 aromatic heterocycles. The molecule has 6 rings (SSSR count). The molecule has 2 unspecified atom stereocenters. The Kier molecular flexibility index (Phi) is 11.4. The predicted octanol–water partition coefficient (Wildman–Crippen LogP) is 3.85. The second kappa shape index (κ2) is 16.2. The number of carboxylic acid groups (broad SMARTS) is 1. The minimum absolute atomic E-state index is 0.0252. The molecule has 1 heterocycles. The third-order valence-electron chi connectivity index (χ3n) is 9.56. The van der Waals surface area contributed by atoms with E-state index in [2.05, 4.69) is 20.9 Å². The molecule has 13 nitrogen and oxygen atoms in total. The first kappa shape index (κ1) is 39.5. The van der Waals surface area contributed by atoms with Gasteiger partial charge in [0.15, 0.2) is 6.61 Å². The molecule has 8 N–H and O–H groups in total. The van der Waals surface area contributed by atoms with Gasteiger partial charge in [-0.1, -0.05) is 54.6 Å².